The summed E-state index contributed by atoms with van der Waals surface area (Å²) in [5.41, 5.74) is 2.61. The van der Waals surface area contributed by atoms with Gasteiger partial charge in [0, 0.05) is 32.7 Å². The lowest BCUT2D eigenvalue weighted by Gasteiger charge is -2.31. The van der Waals surface area contributed by atoms with E-state index in [-0.39, 0.29) is 31.0 Å². The second kappa shape index (κ2) is 11.9. The smallest absolute Gasteiger partial charge is 0.261 e. The molecule has 1 N–H and O–H groups in total. The van der Waals surface area contributed by atoms with Crippen molar-refractivity contribution in [3.05, 3.63) is 61.5 Å². The number of hydrogen-bond acceptors (Lipinski definition) is 3. The number of aryl methyl sites for hydroxylation is 2. The van der Waals surface area contributed by atoms with E-state index < -0.39 is 6.04 Å². The van der Waals surface area contributed by atoms with E-state index in [0.29, 0.717) is 27.8 Å². The fourth-order valence-corrected chi connectivity index (χ4v) is 4.12. The average molecular weight is 544 g/mol. The average Bonchev–Trinajstić information content (AvgIpc) is 2.71. The summed E-state index contributed by atoms with van der Waals surface area (Å²) >= 11 is 16.2. The monoisotopic (exact) mass is 542 g/mol. The Bertz CT molecular complexity index is 938. The van der Waals surface area contributed by atoms with Crippen molar-refractivity contribution >= 4 is 50.9 Å². The van der Waals surface area contributed by atoms with Gasteiger partial charge < -0.3 is 15.0 Å². The first kappa shape index (κ1) is 26.5. The Hall–Kier alpha value is -1.76. The lowest BCUT2D eigenvalue weighted by molar-refractivity contribution is -0.143. The highest BCUT2D eigenvalue weighted by Crippen LogP contribution is 2.28. The molecule has 0 fully saturated rings. The zero-order chi connectivity index (χ0) is 24.0. The number of carbonyl (C=O) groups is 2. The quantitative estimate of drug-likeness (QED) is 0.416. The molecule has 2 aromatic carbocycles. The van der Waals surface area contributed by atoms with E-state index in [1.165, 1.54) is 4.90 Å². The molecule has 8 heteroatoms. The van der Waals surface area contributed by atoms with Crippen molar-refractivity contribution in [2.45, 2.75) is 59.7 Å². The summed E-state index contributed by atoms with van der Waals surface area (Å²) in [5, 5.41) is 3.77. The summed E-state index contributed by atoms with van der Waals surface area (Å²) in [6.45, 7) is 9.42. The van der Waals surface area contributed by atoms with Crippen LogP contribution in [0.15, 0.2) is 34.8 Å². The molecule has 1 atom stereocenters. The summed E-state index contributed by atoms with van der Waals surface area (Å²) in [6.07, 6.45) is 0.433. The van der Waals surface area contributed by atoms with Gasteiger partial charge in [-0.3, -0.25) is 9.59 Å². The van der Waals surface area contributed by atoms with Crippen LogP contribution in [0, 0.1) is 13.8 Å². The third kappa shape index (κ3) is 6.87. The van der Waals surface area contributed by atoms with Gasteiger partial charge in [-0.1, -0.05) is 52.1 Å². The summed E-state index contributed by atoms with van der Waals surface area (Å²) in [5.74, 6) is 0.0336. The highest BCUT2D eigenvalue weighted by molar-refractivity contribution is 9.10. The minimum atomic E-state index is -0.686. The van der Waals surface area contributed by atoms with E-state index in [0.717, 1.165) is 15.6 Å². The first-order valence-electron chi connectivity index (χ1n) is 10.5. The standard InChI is InChI=1S/C24H29BrCl2N2O3/c1-6-21(24(31)28-14(2)3)29(12-18-19(26)8-7-9-20(18)27)22(30)13-32-17-10-15(4)23(25)16(5)11-17/h7-11,14,21H,6,12-13H2,1-5H3,(H,28,31). The summed E-state index contributed by atoms with van der Waals surface area (Å²) in [7, 11) is 0. The highest BCUT2D eigenvalue weighted by atomic mass is 79.9. The largest absolute Gasteiger partial charge is 0.484 e. The van der Waals surface area contributed by atoms with Gasteiger partial charge in [-0.05, 0) is 69.5 Å². The number of nitrogens with zero attached hydrogens (tertiary/aromatic N) is 1. The number of hydrogen-bond donors (Lipinski definition) is 1. The van der Waals surface area contributed by atoms with Gasteiger partial charge in [0.2, 0.25) is 5.91 Å². The zero-order valence-corrected chi connectivity index (χ0v) is 22.1. The van der Waals surface area contributed by atoms with Crippen LogP contribution in [0.5, 0.6) is 5.75 Å². The van der Waals surface area contributed by atoms with Gasteiger partial charge in [-0.25, -0.2) is 0 Å². The number of halogens is 3. The Morgan fingerprint density at radius 1 is 1.12 bits per heavy atom. The number of amides is 2. The van der Waals surface area contributed by atoms with Crippen molar-refractivity contribution in [1.29, 1.82) is 0 Å². The Kier molecular flexibility index (Phi) is 9.86. The van der Waals surface area contributed by atoms with Crippen LogP contribution in [0.1, 0.15) is 43.9 Å². The topological polar surface area (TPSA) is 58.6 Å². The van der Waals surface area contributed by atoms with Gasteiger partial charge in [0.1, 0.15) is 11.8 Å². The molecule has 2 aromatic rings. The second-order valence-corrected chi connectivity index (χ2v) is 9.58. The fraction of sp³-hybridized carbons (Fsp3) is 0.417. The van der Waals surface area contributed by atoms with Gasteiger partial charge in [-0.15, -0.1) is 0 Å². The minimum absolute atomic E-state index is 0.0534. The second-order valence-electron chi connectivity index (χ2n) is 7.97. The van der Waals surface area contributed by atoms with Crippen molar-refractivity contribution in [3.8, 4) is 5.75 Å². The third-order valence-corrected chi connectivity index (χ3v) is 6.94. The molecule has 5 nitrogen and oxygen atoms in total. The SMILES string of the molecule is CCC(C(=O)NC(C)C)N(Cc1c(Cl)cccc1Cl)C(=O)COc1cc(C)c(Br)c(C)c1. The van der Waals surface area contributed by atoms with Crippen molar-refractivity contribution in [1.82, 2.24) is 10.2 Å². The van der Waals surface area contributed by atoms with Crippen LogP contribution in [0.3, 0.4) is 0 Å². The number of carbonyl (C=O) groups excluding carboxylic acids is 2. The van der Waals surface area contributed by atoms with Crippen LogP contribution >= 0.6 is 39.1 Å². The fourth-order valence-electron chi connectivity index (χ4n) is 3.37. The van der Waals surface area contributed by atoms with Crippen LogP contribution in [0.25, 0.3) is 0 Å². The number of ether oxygens (including phenoxy) is 1. The van der Waals surface area contributed by atoms with E-state index in [1.54, 1.807) is 18.2 Å². The van der Waals surface area contributed by atoms with Crippen molar-refractivity contribution < 1.29 is 14.3 Å². The molecule has 0 saturated heterocycles. The van der Waals surface area contributed by atoms with Crippen LogP contribution in [0.2, 0.25) is 10.0 Å². The van der Waals surface area contributed by atoms with Gasteiger partial charge in [-0.2, -0.15) is 0 Å². The first-order valence-corrected chi connectivity index (χ1v) is 12.0. The molecule has 32 heavy (non-hydrogen) atoms. The van der Waals surface area contributed by atoms with Crippen molar-refractivity contribution in [2.75, 3.05) is 6.61 Å². The van der Waals surface area contributed by atoms with E-state index in [9.17, 15) is 9.59 Å². The summed E-state index contributed by atoms with van der Waals surface area (Å²) in [6, 6.07) is 8.15. The van der Waals surface area contributed by atoms with Crippen molar-refractivity contribution in [3.63, 3.8) is 0 Å². The summed E-state index contributed by atoms with van der Waals surface area (Å²) < 4.78 is 6.81. The predicted octanol–water partition coefficient (Wildman–Crippen LogP) is 6.08. The molecule has 1 unspecified atom stereocenters. The predicted molar refractivity (Wildman–Crippen MR) is 133 cm³/mol. The van der Waals surface area contributed by atoms with Gasteiger partial charge in [0.15, 0.2) is 6.61 Å². The Balaban J connectivity index is 2.31. The van der Waals surface area contributed by atoms with Gasteiger partial charge >= 0.3 is 0 Å². The molecular formula is C24H29BrCl2N2O3. The molecule has 174 valence electrons. The molecule has 0 aromatic heterocycles. The van der Waals surface area contributed by atoms with Crippen LogP contribution in [0.4, 0.5) is 0 Å². The molecule has 0 bridgehead atoms. The Morgan fingerprint density at radius 3 is 2.19 bits per heavy atom. The maximum Gasteiger partial charge on any atom is 0.261 e. The van der Waals surface area contributed by atoms with E-state index in [2.05, 4.69) is 21.2 Å². The Labute approximate surface area is 208 Å². The normalized spacial score (nSPS) is 11.9. The molecule has 0 radical (unpaired) electrons. The van der Waals surface area contributed by atoms with E-state index in [1.807, 2.05) is 46.8 Å². The molecule has 0 aliphatic heterocycles. The van der Waals surface area contributed by atoms with Crippen molar-refractivity contribution in [2.24, 2.45) is 0 Å². The number of benzene rings is 2. The molecule has 0 heterocycles. The lowest BCUT2D eigenvalue weighted by atomic mass is 10.1. The van der Waals surface area contributed by atoms with Crippen LogP contribution in [-0.4, -0.2) is 35.4 Å². The van der Waals surface area contributed by atoms with E-state index in [4.69, 9.17) is 27.9 Å². The maximum absolute atomic E-state index is 13.3. The third-order valence-electron chi connectivity index (χ3n) is 4.98. The van der Waals surface area contributed by atoms with Crippen LogP contribution < -0.4 is 10.1 Å². The Morgan fingerprint density at radius 2 is 1.69 bits per heavy atom. The van der Waals surface area contributed by atoms with Crippen LogP contribution in [-0.2, 0) is 16.1 Å². The van der Waals surface area contributed by atoms with E-state index >= 15 is 0 Å². The maximum atomic E-state index is 13.3. The molecule has 0 aliphatic carbocycles. The minimum Gasteiger partial charge on any atom is -0.484 e. The highest BCUT2D eigenvalue weighted by Gasteiger charge is 2.30. The molecule has 0 aliphatic rings. The number of rotatable bonds is 9. The van der Waals surface area contributed by atoms with Gasteiger partial charge in [0.25, 0.3) is 5.91 Å². The molecule has 2 amide bonds. The lowest BCUT2D eigenvalue weighted by Crippen LogP contribution is -2.51. The van der Waals surface area contributed by atoms with Gasteiger partial charge in [0.05, 0.1) is 0 Å². The number of nitrogens with one attached hydrogen (secondary N) is 1. The summed E-state index contributed by atoms with van der Waals surface area (Å²) in [4.78, 5) is 27.7. The molecule has 0 spiro atoms. The first-order chi connectivity index (χ1) is 15.0. The zero-order valence-electron chi connectivity index (χ0n) is 19.0. The molecule has 2 rings (SSSR count). The molecular weight excluding hydrogens is 515 g/mol. The molecule has 0 saturated carbocycles.